The molecule has 5 heteroatoms. The van der Waals surface area contributed by atoms with E-state index in [0.717, 1.165) is 5.56 Å². The topological polar surface area (TPSA) is 66.4 Å². The molecule has 2 unspecified atom stereocenters. The van der Waals surface area contributed by atoms with Crippen molar-refractivity contribution in [1.82, 2.24) is 5.32 Å². The number of carbonyl (C=O) groups excluding carboxylic acids is 1. The van der Waals surface area contributed by atoms with Crippen LogP contribution < -0.4 is 5.32 Å². The Balaban J connectivity index is 2.71. The van der Waals surface area contributed by atoms with Crippen molar-refractivity contribution in [1.29, 1.82) is 0 Å². The third-order valence-corrected chi connectivity index (χ3v) is 4.15. The minimum absolute atomic E-state index is 0.0525. The van der Waals surface area contributed by atoms with Crippen molar-refractivity contribution in [3.8, 4) is 0 Å². The van der Waals surface area contributed by atoms with Crippen LogP contribution in [0.1, 0.15) is 36.7 Å². The molecule has 0 aliphatic carbocycles. The first-order valence-electron chi connectivity index (χ1n) is 6.62. The zero-order valence-corrected chi connectivity index (χ0v) is 13.3. The maximum atomic E-state index is 12.1. The number of nitrogens with one attached hydrogen (secondary N) is 1. The summed E-state index contributed by atoms with van der Waals surface area (Å²) < 4.78 is 11.2. The summed E-state index contributed by atoms with van der Waals surface area (Å²) in [6.07, 6.45) is 1.63. The van der Waals surface area contributed by atoms with Crippen molar-refractivity contribution in [2.24, 2.45) is 5.92 Å². The van der Waals surface area contributed by atoms with Gasteiger partial charge in [-0.1, -0.05) is 26.0 Å². The van der Waals surface area contributed by atoms with Gasteiger partial charge >= 0.3 is 0 Å². The normalized spacial score (nSPS) is 15.7. The Hall–Kier alpha value is -1.20. The maximum Gasteiger partial charge on any atom is 0.251 e. The second kappa shape index (κ2) is 6.99. The van der Waals surface area contributed by atoms with Crippen molar-refractivity contribution in [2.75, 3.05) is 12.8 Å². The predicted octanol–water partition coefficient (Wildman–Crippen LogP) is 1.70. The summed E-state index contributed by atoms with van der Waals surface area (Å²) in [5.74, 6) is 0.261. The minimum Gasteiger partial charge on any atom is -0.388 e. The van der Waals surface area contributed by atoms with E-state index in [2.05, 4.69) is 5.32 Å². The molecule has 0 fully saturated rings. The molecule has 2 N–H and O–H groups in total. The van der Waals surface area contributed by atoms with Crippen LogP contribution in [0.2, 0.25) is 0 Å². The summed E-state index contributed by atoms with van der Waals surface area (Å²) in [4.78, 5) is 12.1. The van der Waals surface area contributed by atoms with Crippen molar-refractivity contribution >= 4 is 16.7 Å². The summed E-state index contributed by atoms with van der Waals surface area (Å²) in [7, 11) is -0.934. The highest BCUT2D eigenvalue weighted by Gasteiger charge is 2.25. The van der Waals surface area contributed by atoms with Gasteiger partial charge in [-0.3, -0.25) is 9.00 Å². The van der Waals surface area contributed by atoms with Crippen LogP contribution in [0, 0.1) is 5.92 Å². The number of rotatable bonds is 6. The minimum atomic E-state index is -0.934. The summed E-state index contributed by atoms with van der Waals surface area (Å²) in [6.45, 7) is 5.72. The Bertz CT molecular complexity index is 498. The van der Waals surface area contributed by atoms with E-state index in [4.69, 9.17) is 0 Å². The standard InChI is InChI=1S/C15H23NO3S/c1-11(2)15(3,18)10-16-14(17)13-7-5-6-12(8-13)9-20(4)19/h5-8,11,18H,9-10H2,1-4H3,(H,16,17). The number of amides is 1. The van der Waals surface area contributed by atoms with Gasteiger partial charge in [-0.15, -0.1) is 0 Å². The molecule has 0 aliphatic rings. The molecule has 2 atom stereocenters. The lowest BCUT2D eigenvalue weighted by Crippen LogP contribution is -2.44. The van der Waals surface area contributed by atoms with Crippen LogP contribution in [-0.4, -0.2) is 33.6 Å². The first-order valence-corrected chi connectivity index (χ1v) is 8.34. The average Bonchev–Trinajstić information content (AvgIpc) is 2.35. The highest BCUT2D eigenvalue weighted by Crippen LogP contribution is 2.15. The van der Waals surface area contributed by atoms with Crippen LogP contribution in [0.5, 0.6) is 0 Å². The quantitative estimate of drug-likeness (QED) is 0.840. The number of benzene rings is 1. The van der Waals surface area contributed by atoms with Gasteiger partial charge in [-0.2, -0.15) is 0 Å². The van der Waals surface area contributed by atoms with Crippen LogP contribution >= 0.6 is 0 Å². The molecule has 112 valence electrons. The van der Waals surface area contributed by atoms with Gasteiger partial charge in [-0.05, 0) is 30.5 Å². The largest absolute Gasteiger partial charge is 0.388 e. The van der Waals surface area contributed by atoms with Gasteiger partial charge < -0.3 is 10.4 Å². The van der Waals surface area contributed by atoms with E-state index in [9.17, 15) is 14.1 Å². The van der Waals surface area contributed by atoms with E-state index in [1.54, 1.807) is 31.4 Å². The fourth-order valence-electron chi connectivity index (χ4n) is 1.60. The predicted molar refractivity (Wildman–Crippen MR) is 82.0 cm³/mol. The molecule has 1 amide bonds. The lowest BCUT2D eigenvalue weighted by Gasteiger charge is -2.27. The Labute approximate surface area is 123 Å². The third-order valence-electron chi connectivity index (χ3n) is 3.41. The monoisotopic (exact) mass is 297 g/mol. The second-order valence-corrected chi connectivity index (χ2v) is 7.05. The van der Waals surface area contributed by atoms with E-state index < -0.39 is 16.4 Å². The number of hydrogen-bond donors (Lipinski definition) is 2. The summed E-state index contributed by atoms with van der Waals surface area (Å²) in [6, 6.07) is 7.07. The van der Waals surface area contributed by atoms with Gasteiger partial charge in [-0.25, -0.2) is 0 Å². The van der Waals surface area contributed by atoms with Gasteiger partial charge in [0.25, 0.3) is 5.91 Å². The Morgan fingerprint density at radius 2 is 2.10 bits per heavy atom. The fourth-order valence-corrected chi connectivity index (χ4v) is 2.25. The third kappa shape index (κ3) is 5.06. The van der Waals surface area contributed by atoms with E-state index in [1.165, 1.54) is 0 Å². The van der Waals surface area contributed by atoms with Crippen molar-refractivity contribution < 1.29 is 14.1 Å². The van der Waals surface area contributed by atoms with E-state index in [-0.39, 0.29) is 18.4 Å². The summed E-state index contributed by atoms with van der Waals surface area (Å²) >= 11 is 0. The molecular formula is C15H23NO3S. The molecule has 1 rings (SSSR count). The van der Waals surface area contributed by atoms with E-state index in [1.807, 2.05) is 19.9 Å². The zero-order chi connectivity index (χ0) is 15.3. The molecule has 1 aromatic carbocycles. The van der Waals surface area contributed by atoms with E-state index in [0.29, 0.717) is 11.3 Å². The summed E-state index contributed by atoms with van der Waals surface area (Å²) in [5.41, 5.74) is 0.458. The van der Waals surface area contributed by atoms with Gasteiger partial charge in [0.1, 0.15) is 0 Å². The van der Waals surface area contributed by atoms with Crippen LogP contribution in [0.4, 0.5) is 0 Å². The maximum absolute atomic E-state index is 12.1. The molecule has 0 spiro atoms. The van der Waals surface area contributed by atoms with Crippen LogP contribution in [0.15, 0.2) is 24.3 Å². The van der Waals surface area contributed by atoms with Crippen molar-refractivity contribution in [2.45, 2.75) is 32.1 Å². The lowest BCUT2D eigenvalue weighted by molar-refractivity contribution is 0.0142. The number of aliphatic hydroxyl groups is 1. The molecule has 0 heterocycles. The Kier molecular flexibility index (Phi) is 5.89. The Morgan fingerprint density at radius 3 is 2.65 bits per heavy atom. The number of hydrogen-bond acceptors (Lipinski definition) is 3. The highest BCUT2D eigenvalue weighted by molar-refractivity contribution is 7.83. The first kappa shape index (κ1) is 16.9. The van der Waals surface area contributed by atoms with Gasteiger partial charge in [0.2, 0.25) is 0 Å². The van der Waals surface area contributed by atoms with Gasteiger partial charge in [0.05, 0.1) is 5.60 Å². The first-order chi connectivity index (χ1) is 9.22. The molecule has 0 bridgehead atoms. The van der Waals surface area contributed by atoms with E-state index >= 15 is 0 Å². The molecule has 4 nitrogen and oxygen atoms in total. The molecule has 0 saturated heterocycles. The SMILES string of the molecule is CC(C)C(C)(O)CNC(=O)c1cccc(CS(C)=O)c1. The lowest BCUT2D eigenvalue weighted by atomic mass is 9.92. The molecule has 0 aromatic heterocycles. The average molecular weight is 297 g/mol. The molecular weight excluding hydrogens is 274 g/mol. The van der Waals surface area contributed by atoms with Crippen molar-refractivity contribution in [3.05, 3.63) is 35.4 Å². The van der Waals surface area contributed by atoms with Crippen LogP contribution in [0.25, 0.3) is 0 Å². The molecule has 1 aromatic rings. The zero-order valence-electron chi connectivity index (χ0n) is 12.5. The molecule has 0 radical (unpaired) electrons. The molecule has 0 aliphatic heterocycles. The molecule has 20 heavy (non-hydrogen) atoms. The van der Waals surface area contributed by atoms with Crippen LogP contribution in [0.3, 0.4) is 0 Å². The summed E-state index contributed by atoms with van der Waals surface area (Å²) in [5, 5.41) is 12.8. The molecule has 0 saturated carbocycles. The number of carbonyl (C=O) groups is 1. The van der Waals surface area contributed by atoms with Crippen LogP contribution in [-0.2, 0) is 16.6 Å². The van der Waals surface area contributed by atoms with Crippen molar-refractivity contribution in [3.63, 3.8) is 0 Å². The van der Waals surface area contributed by atoms with Gasteiger partial charge in [0, 0.05) is 34.9 Å². The second-order valence-electron chi connectivity index (χ2n) is 5.61. The smallest absolute Gasteiger partial charge is 0.251 e. The van der Waals surface area contributed by atoms with Gasteiger partial charge in [0.15, 0.2) is 0 Å². The highest BCUT2D eigenvalue weighted by atomic mass is 32.2. The fraction of sp³-hybridized carbons (Fsp3) is 0.533. The Morgan fingerprint density at radius 1 is 1.45 bits per heavy atom.